The molecule has 4 aromatic rings. The van der Waals surface area contributed by atoms with E-state index in [-0.39, 0.29) is 12.1 Å². The van der Waals surface area contributed by atoms with E-state index in [1.165, 1.54) is 23.5 Å². The molecule has 3 aliphatic heterocycles. The van der Waals surface area contributed by atoms with Crippen molar-refractivity contribution in [2.45, 2.75) is 12.1 Å². The van der Waals surface area contributed by atoms with Crippen molar-refractivity contribution >= 4 is 40.5 Å². The molecule has 4 heterocycles. The molecule has 0 unspecified atom stereocenters. The molecule has 0 aliphatic carbocycles. The smallest absolute Gasteiger partial charge is 0.324 e. The van der Waals surface area contributed by atoms with Crippen LogP contribution in [0.15, 0.2) is 94.6 Å². The van der Waals surface area contributed by atoms with Gasteiger partial charge in [-0.1, -0.05) is 17.7 Å². The number of carbonyl (C=O) groups excluding carboxylic acids is 1. The quantitative estimate of drug-likeness (QED) is 0.208. The van der Waals surface area contributed by atoms with Crippen molar-refractivity contribution in [1.29, 1.82) is 0 Å². The fraction of sp³-hybridized carbons (Fsp3) is 0.286. The highest BCUT2D eigenvalue weighted by atomic mass is 35.5. The summed E-state index contributed by atoms with van der Waals surface area (Å²) in [6.07, 6.45) is 1.74. The van der Waals surface area contributed by atoms with Crippen molar-refractivity contribution in [3.05, 3.63) is 111 Å². The lowest BCUT2D eigenvalue weighted by Crippen LogP contribution is -2.53. The lowest BCUT2D eigenvalue weighted by Gasteiger charge is -2.38. The number of methoxy groups -OCH3 is 2. The number of anilines is 1. The van der Waals surface area contributed by atoms with Gasteiger partial charge in [0.25, 0.3) is 0 Å². The minimum atomic E-state index is -0.477. The molecule has 13 heteroatoms. The number of hydrogen-bond donors (Lipinski definition) is 1. The number of nitrogens with zero attached hydrogens (tertiary/aromatic N) is 5. The number of amidine groups is 1. The first-order chi connectivity index (χ1) is 23.4. The number of nitrogens with one attached hydrogen (secondary N) is 1. The second-order valence-electron chi connectivity index (χ2n) is 11.7. The lowest BCUT2D eigenvalue weighted by atomic mass is 9.95. The van der Waals surface area contributed by atoms with E-state index in [9.17, 15) is 9.18 Å². The fourth-order valence-electron chi connectivity index (χ4n) is 6.35. The normalized spacial score (nSPS) is 19.7. The molecule has 2 saturated heterocycles. The predicted octanol–water partition coefficient (Wildman–Crippen LogP) is 6.35. The predicted molar refractivity (Wildman–Crippen MR) is 184 cm³/mol. The van der Waals surface area contributed by atoms with Crippen LogP contribution in [0.2, 0.25) is 5.02 Å². The standard InChI is InChI=1S/C35H34ClFN6O4S/c1-45-21-29-31(39-33(34-38-13-16-48-34)40-32(29)28-12-3-22(37)17-30(28)36)20-41-14-15-42-24(18-41)19-43(35(42)44)23-4-6-26(7-5-23)47-27-10-8-25(46-2)9-11-27/h3-13,16-17,24,32H,14-15,18-21H2,1-2H3,(H,39,40)/t24-,32-/m0/s1. The minimum absolute atomic E-state index is 0.00255. The Labute approximate surface area is 287 Å². The summed E-state index contributed by atoms with van der Waals surface area (Å²) in [7, 11) is 3.27. The first-order valence-electron chi connectivity index (χ1n) is 15.5. The maximum absolute atomic E-state index is 14.0. The van der Waals surface area contributed by atoms with Gasteiger partial charge >= 0.3 is 6.03 Å². The van der Waals surface area contributed by atoms with Gasteiger partial charge in [0.15, 0.2) is 10.8 Å². The van der Waals surface area contributed by atoms with Crippen LogP contribution in [-0.4, -0.2) is 86.2 Å². The zero-order chi connectivity index (χ0) is 33.2. The highest BCUT2D eigenvalue weighted by Gasteiger charge is 2.42. The number of rotatable bonds is 10. The zero-order valence-corrected chi connectivity index (χ0v) is 28.0. The number of aromatic nitrogens is 1. The second-order valence-corrected chi connectivity index (χ2v) is 13.0. The van der Waals surface area contributed by atoms with Crippen molar-refractivity contribution in [3.8, 4) is 17.2 Å². The number of thiazole rings is 1. The summed E-state index contributed by atoms with van der Waals surface area (Å²) < 4.78 is 30.9. The Balaban J connectivity index is 1.07. The molecule has 3 aliphatic rings. The third kappa shape index (κ3) is 6.61. The SMILES string of the molecule is COCC1=C(CN2CCN3C(=O)N(c4ccc(Oc5ccc(OC)cc5)cc4)C[C@@H]3C2)NC(c2nccs2)=N[C@H]1c1ccc(F)cc1Cl. The lowest BCUT2D eigenvalue weighted by molar-refractivity contribution is 0.126. The number of fused-ring (bicyclic) bond motifs is 1. The van der Waals surface area contributed by atoms with Crippen molar-refractivity contribution in [2.75, 3.05) is 58.5 Å². The van der Waals surface area contributed by atoms with E-state index in [4.69, 9.17) is 30.8 Å². The largest absolute Gasteiger partial charge is 0.497 e. The minimum Gasteiger partial charge on any atom is -0.497 e. The van der Waals surface area contributed by atoms with Gasteiger partial charge in [-0.2, -0.15) is 0 Å². The zero-order valence-electron chi connectivity index (χ0n) is 26.4. The molecule has 2 atom stereocenters. The topological polar surface area (TPSA) is 91.8 Å². The molecule has 0 bridgehead atoms. The van der Waals surface area contributed by atoms with E-state index in [1.54, 1.807) is 26.5 Å². The van der Waals surface area contributed by atoms with E-state index < -0.39 is 11.9 Å². The molecule has 7 rings (SSSR count). The number of amides is 2. The van der Waals surface area contributed by atoms with Crippen LogP contribution < -0.4 is 19.7 Å². The van der Waals surface area contributed by atoms with Crippen LogP contribution in [-0.2, 0) is 4.74 Å². The Bertz CT molecular complexity index is 1840. The third-order valence-corrected chi connectivity index (χ3v) is 9.81. The summed E-state index contributed by atoms with van der Waals surface area (Å²) in [5.41, 5.74) is 3.37. The van der Waals surface area contributed by atoms with Crippen molar-refractivity contribution in [3.63, 3.8) is 0 Å². The van der Waals surface area contributed by atoms with Gasteiger partial charge < -0.3 is 24.4 Å². The first-order valence-corrected chi connectivity index (χ1v) is 16.8. The Morgan fingerprint density at radius 3 is 2.44 bits per heavy atom. The molecule has 2 fully saturated rings. The number of urea groups is 1. The Kier molecular flexibility index (Phi) is 9.31. The summed E-state index contributed by atoms with van der Waals surface area (Å²) in [6, 6.07) is 18.9. The molecule has 2 amide bonds. The summed E-state index contributed by atoms with van der Waals surface area (Å²) in [5.74, 6) is 2.36. The second kappa shape index (κ2) is 13.9. The van der Waals surface area contributed by atoms with Crippen LogP contribution in [0.3, 0.4) is 0 Å². The molecule has 0 saturated carbocycles. The Morgan fingerprint density at radius 1 is 1.00 bits per heavy atom. The van der Waals surface area contributed by atoms with E-state index in [0.717, 1.165) is 27.7 Å². The van der Waals surface area contributed by atoms with Gasteiger partial charge in [0.1, 0.15) is 29.1 Å². The van der Waals surface area contributed by atoms with E-state index in [1.807, 2.05) is 63.7 Å². The number of carbonyl (C=O) groups is 1. The summed E-state index contributed by atoms with van der Waals surface area (Å²) >= 11 is 8.05. The molecular weight excluding hydrogens is 655 g/mol. The number of ether oxygens (including phenoxy) is 3. The number of halogens is 2. The monoisotopic (exact) mass is 688 g/mol. The van der Waals surface area contributed by atoms with Crippen LogP contribution in [0.4, 0.5) is 14.9 Å². The summed E-state index contributed by atoms with van der Waals surface area (Å²) in [6.45, 7) is 3.45. The molecule has 248 valence electrons. The molecule has 3 aromatic carbocycles. The number of aliphatic imine (C=N–C) groups is 1. The van der Waals surface area contributed by atoms with E-state index in [0.29, 0.717) is 67.3 Å². The number of piperazine rings is 1. The van der Waals surface area contributed by atoms with Gasteiger partial charge in [-0.05, 0) is 66.2 Å². The number of benzene rings is 3. The van der Waals surface area contributed by atoms with Crippen LogP contribution in [0.5, 0.6) is 17.2 Å². The Morgan fingerprint density at radius 2 is 1.75 bits per heavy atom. The number of hydrogen-bond acceptors (Lipinski definition) is 9. The van der Waals surface area contributed by atoms with Gasteiger partial charge in [-0.3, -0.25) is 14.8 Å². The Hall–Kier alpha value is -4.49. The fourth-order valence-corrected chi connectivity index (χ4v) is 7.21. The van der Waals surface area contributed by atoms with Gasteiger partial charge in [0.2, 0.25) is 0 Å². The highest BCUT2D eigenvalue weighted by Crippen LogP contribution is 2.37. The van der Waals surface area contributed by atoms with E-state index in [2.05, 4.69) is 15.2 Å². The maximum atomic E-state index is 14.0. The molecule has 48 heavy (non-hydrogen) atoms. The summed E-state index contributed by atoms with van der Waals surface area (Å²) in [4.78, 5) is 29.1. The average Bonchev–Trinajstić information content (AvgIpc) is 3.75. The van der Waals surface area contributed by atoms with Crippen LogP contribution in [0, 0.1) is 5.82 Å². The van der Waals surface area contributed by atoms with E-state index >= 15 is 0 Å². The van der Waals surface area contributed by atoms with Crippen molar-refractivity contribution < 1.29 is 23.4 Å². The van der Waals surface area contributed by atoms with Crippen LogP contribution in [0.1, 0.15) is 16.6 Å². The molecular formula is C35H34ClFN6O4S. The van der Waals surface area contributed by atoms with Crippen LogP contribution in [0.25, 0.3) is 0 Å². The molecule has 0 spiro atoms. The van der Waals surface area contributed by atoms with Crippen molar-refractivity contribution in [1.82, 2.24) is 20.1 Å². The van der Waals surface area contributed by atoms with Gasteiger partial charge in [-0.15, -0.1) is 11.3 Å². The highest BCUT2D eigenvalue weighted by molar-refractivity contribution is 7.11. The maximum Gasteiger partial charge on any atom is 0.324 e. The van der Waals surface area contributed by atoms with Gasteiger partial charge in [0.05, 0.1) is 19.8 Å². The molecule has 1 aromatic heterocycles. The molecule has 1 N–H and O–H groups in total. The first kappa shape index (κ1) is 32.1. The van der Waals surface area contributed by atoms with Gasteiger partial charge in [-0.25, -0.2) is 14.2 Å². The van der Waals surface area contributed by atoms with Crippen molar-refractivity contribution in [2.24, 2.45) is 4.99 Å². The average molecular weight is 689 g/mol. The molecule has 10 nitrogen and oxygen atoms in total. The van der Waals surface area contributed by atoms with Gasteiger partial charge in [0, 0.05) is 73.4 Å². The van der Waals surface area contributed by atoms with Crippen LogP contribution >= 0.6 is 22.9 Å². The summed E-state index contributed by atoms with van der Waals surface area (Å²) in [5, 5.41) is 6.48. The third-order valence-electron chi connectivity index (χ3n) is 8.70. The molecule has 0 radical (unpaired) electrons.